The standard InChI is InChI=1S/C13H23N3O2/c1-13(2,3)8-11-15-12(18-16-11)9-17-10-4-6-14-7-5-10/h10,14H,4-9H2,1-3H3. The quantitative estimate of drug-likeness (QED) is 0.888. The number of nitrogens with zero attached hydrogens (tertiary/aromatic N) is 2. The number of hydrogen-bond acceptors (Lipinski definition) is 5. The molecule has 0 saturated carbocycles. The number of piperidine rings is 1. The summed E-state index contributed by atoms with van der Waals surface area (Å²) in [5.74, 6) is 1.36. The molecule has 1 aromatic rings. The van der Waals surface area contributed by atoms with E-state index in [1.165, 1.54) is 0 Å². The van der Waals surface area contributed by atoms with E-state index in [4.69, 9.17) is 9.26 Å². The molecule has 0 aliphatic carbocycles. The Morgan fingerprint density at radius 2 is 2.06 bits per heavy atom. The monoisotopic (exact) mass is 253 g/mol. The van der Waals surface area contributed by atoms with Crippen LogP contribution >= 0.6 is 0 Å². The highest BCUT2D eigenvalue weighted by molar-refractivity contribution is 4.89. The Hall–Kier alpha value is -0.940. The molecule has 102 valence electrons. The topological polar surface area (TPSA) is 60.2 Å². The first kappa shape index (κ1) is 13.5. The lowest BCUT2D eigenvalue weighted by molar-refractivity contribution is 0.00859. The molecule has 0 aromatic carbocycles. The van der Waals surface area contributed by atoms with E-state index in [9.17, 15) is 0 Å². The van der Waals surface area contributed by atoms with E-state index in [1.54, 1.807) is 0 Å². The molecule has 0 unspecified atom stereocenters. The molecule has 1 saturated heterocycles. The molecule has 1 N–H and O–H groups in total. The van der Waals surface area contributed by atoms with Crippen LogP contribution in [-0.2, 0) is 17.8 Å². The predicted molar refractivity (Wildman–Crippen MR) is 68.1 cm³/mol. The normalized spacial score (nSPS) is 18.2. The SMILES string of the molecule is CC(C)(C)Cc1noc(COC2CCNCC2)n1. The van der Waals surface area contributed by atoms with Crippen LogP contribution in [0.2, 0.25) is 0 Å². The molecular weight excluding hydrogens is 230 g/mol. The third-order valence-corrected chi connectivity index (χ3v) is 2.93. The average molecular weight is 253 g/mol. The average Bonchev–Trinajstić information content (AvgIpc) is 2.73. The maximum atomic E-state index is 5.78. The maximum Gasteiger partial charge on any atom is 0.252 e. The maximum absolute atomic E-state index is 5.78. The Bertz CT molecular complexity index is 365. The lowest BCUT2D eigenvalue weighted by Gasteiger charge is -2.21. The Labute approximate surface area is 108 Å². The molecule has 1 fully saturated rings. The van der Waals surface area contributed by atoms with Crippen molar-refractivity contribution in [1.29, 1.82) is 0 Å². The first-order valence-electron chi connectivity index (χ1n) is 6.67. The zero-order chi connectivity index (χ0) is 13.0. The third-order valence-electron chi connectivity index (χ3n) is 2.93. The fraction of sp³-hybridized carbons (Fsp3) is 0.846. The van der Waals surface area contributed by atoms with Crippen LogP contribution in [0.3, 0.4) is 0 Å². The van der Waals surface area contributed by atoms with Gasteiger partial charge in [-0.15, -0.1) is 0 Å². The molecule has 2 heterocycles. The van der Waals surface area contributed by atoms with Crippen LogP contribution in [0.5, 0.6) is 0 Å². The van der Waals surface area contributed by atoms with E-state index in [0.717, 1.165) is 38.2 Å². The van der Waals surface area contributed by atoms with Crippen molar-refractivity contribution in [3.8, 4) is 0 Å². The van der Waals surface area contributed by atoms with Gasteiger partial charge < -0.3 is 14.6 Å². The summed E-state index contributed by atoms with van der Waals surface area (Å²) in [7, 11) is 0. The van der Waals surface area contributed by atoms with Gasteiger partial charge in [-0.3, -0.25) is 0 Å². The number of hydrogen-bond donors (Lipinski definition) is 1. The second kappa shape index (κ2) is 5.80. The van der Waals surface area contributed by atoms with Gasteiger partial charge in [-0.1, -0.05) is 25.9 Å². The molecule has 0 amide bonds. The zero-order valence-corrected chi connectivity index (χ0v) is 11.5. The van der Waals surface area contributed by atoms with E-state index in [1.807, 2.05) is 0 Å². The van der Waals surface area contributed by atoms with Gasteiger partial charge in [0.1, 0.15) is 6.61 Å². The highest BCUT2D eigenvalue weighted by Crippen LogP contribution is 2.19. The minimum Gasteiger partial charge on any atom is -0.368 e. The largest absolute Gasteiger partial charge is 0.368 e. The number of nitrogens with one attached hydrogen (secondary N) is 1. The smallest absolute Gasteiger partial charge is 0.252 e. The predicted octanol–water partition coefficient (Wildman–Crippen LogP) is 1.93. The van der Waals surface area contributed by atoms with Gasteiger partial charge in [-0.2, -0.15) is 4.98 Å². The lowest BCUT2D eigenvalue weighted by Crippen LogP contribution is -2.32. The van der Waals surface area contributed by atoms with Crippen molar-refractivity contribution < 1.29 is 9.26 Å². The van der Waals surface area contributed by atoms with Crippen molar-refractivity contribution in [2.45, 2.75) is 52.7 Å². The van der Waals surface area contributed by atoms with Crippen LogP contribution in [0.1, 0.15) is 45.3 Å². The zero-order valence-electron chi connectivity index (χ0n) is 11.5. The van der Waals surface area contributed by atoms with Crippen molar-refractivity contribution in [3.05, 3.63) is 11.7 Å². The van der Waals surface area contributed by atoms with Crippen molar-refractivity contribution in [2.24, 2.45) is 5.41 Å². The van der Waals surface area contributed by atoms with Gasteiger partial charge in [0.05, 0.1) is 6.10 Å². The van der Waals surface area contributed by atoms with Gasteiger partial charge in [-0.05, 0) is 31.3 Å². The van der Waals surface area contributed by atoms with E-state index >= 15 is 0 Å². The Morgan fingerprint density at radius 3 is 2.72 bits per heavy atom. The van der Waals surface area contributed by atoms with Crippen molar-refractivity contribution >= 4 is 0 Å². The fourth-order valence-corrected chi connectivity index (χ4v) is 2.05. The number of rotatable bonds is 4. The second-order valence-corrected chi connectivity index (χ2v) is 6.10. The molecule has 5 heteroatoms. The third kappa shape index (κ3) is 4.38. The minimum atomic E-state index is 0.178. The van der Waals surface area contributed by atoms with E-state index < -0.39 is 0 Å². The van der Waals surface area contributed by atoms with Crippen molar-refractivity contribution in [2.75, 3.05) is 13.1 Å². The van der Waals surface area contributed by atoms with E-state index in [2.05, 4.69) is 36.2 Å². The molecule has 18 heavy (non-hydrogen) atoms. The van der Waals surface area contributed by atoms with Crippen molar-refractivity contribution in [1.82, 2.24) is 15.5 Å². The summed E-state index contributed by atoms with van der Waals surface area (Å²) in [5.41, 5.74) is 0.178. The van der Waals surface area contributed by atoms with Gasteiger partial charge in [0.2, 0.25) is 0 Å². The second-order valence-electron chi connectivity index (χ2n) is 6.10. The summed E-state index contributed by atoms with van der Waals surface area (Å²) in [5, 5.41) is 7.30. The Kier molecular flexibility index (Phi) is 4.35. The molecule has 1 aromatic heterocycles. The number of ether oxygens (including phenoxy) is 1. The first-order valence-corrected chi connectivity index (χ1v) is 6.67. The van der Waals surface area contributed by atoms with Gasteiger partial charge in [-0.25, -0.2) is 0 Å². The van der Waals surface area contributed by atoms with Gasteiger partial charge in [0.25, 0.3) is 5.89 Å². The van der Waals surface area contributed by atoms with Crippen LogP contribution in [0.15, 0.2) is 4.52 Å². The Balaban J connectivity index is 1.79. The molecule has 1 aliphatic heterocycles. The molecule has 0 radical (unpaired) electrons. The van der Waals surface area contributed by atoms with Crippen LogP contribution in [0.25, 0.3) is 0 Å². The van der Waals surface area contributed by atoms with Gasteiger partial charge >= 0.3 is 0 Å². The molecule has 0 bridgehead atoms. The molecule has 2 rings (SSSR count). The molecular formula is C13H23N3O2. The summed E-state index contributed by atoms with van der Waals surface area (Å²) < 4.78 is 11.0. The summed E-state index contributed by atoms with van der Waals surface area (Å²) in [6, 6.07) is 0. The van der Waals surface area contributed by atoms with Crippen LogP contribution in [0.4, 0.5) is 0 Å². The Morgan fingerprint density at radius 1 is 1.33 bits per heavy atom. The van der Waals surface area contributed by atoms with Gasteiger partial charge in [0.15, 0.2) is 5.82 Å². The fourth-order valence-electron chi connectivity index (χ4n) is 2.05. The molecule has 5 nitrogen and oxygen atoms in total. The molecule has 1 aliphatic rings. The summed E-state index contributed by atoms with van der Waals surface area (Å²) in [6.45, 7) is 8.98. The first-order chi connectivity index (χ1) is 8.53. The van der Waals surface area contributed by atoms with Crippen molar-refractivity contribution in [3.63, 3.8) is 0 Å². The minimum absolute atomic E-state index is 0.178. The van der Waals surface area contributed by atoms with Crippen LogP contribution in [0, 0.1) is 5.41 Å². The molecule has 0 spiro atoms. The van der Waals surface area contributed by atoms with E-state index in [-0.39, 0.29) is 5.41 Å². The number of aromatic nitrogens is 2. The summed E-state index contributed by atoms with van der Waals surface area (Å²) in [6.07, 6.45) is 3.26. The highest BCUT2D eigenvalue weighted by atomic mass is 16.5. The van der Waals surface area contributed by atoms with Crippen LogP contribution < -0.4 is 5.32 Å². The lowest BCUT2D eigenvalue weighted by atomic mass is 9.92. The summed E-state index contributed by atoms with van der Waals surface area (Å²) >= 11 is 0. The van der Waals surface area contributed by atoms with E-state index in [0.29, 0.717) is 18.6 Å². The van der Waals surface area contributed by atoms with Crippen LogP contribution in [-0.4, -0.2) is 29.3 Å². The van der Waals surface area contributed by atoms with Gasteiger partial charge in [0, 0.05) is 6.42 Å². The molecule has 0 atom stereocenters. The highest BCUT2D eigenvalue weighted by Gasteiger charge is 2.18. The summed E-state index contributed by atoms with van der Waals surface area (Å²) in [4.78, 5) is 4.36.